The van der Waals surface area contributed by atoms with Crippen molar-refractivity contribution in [3.05, 3.63) is 106 Å². The minimum absolute atomic E-state index is 0.104. The monoisotopic (exact) mass is 427 g/mol. The fraction of sp³-hybridized carbons (Fsp3) is 0.259. The first-order chi connectivity index (χ1) is 15.5. The van der Waals surface area contributed by atoms with Crippen molar-refractivity contribution in [2.45, 2.75) is 33.2 Å². The molecule has 0 amide bonds. The summed E-state index contributed by atoms with van der Waals surface area (Å²) in [5.41, 5.74) is 3.96. The van der Waals surface area contributed by atoms with Crippen LogP contribution in [0.2, 0.25) is 0 Å². The Morgan fingerprint density at radius 1 is 1.03 bits per heavy atom. The van der Waals surface area contributed by atoms with Crippen molar-refractivity contribution in [1.29, 1.82) is 0 Å². The van der Waals surface area contributed by atoms with Gasteiger partial charge in [-0.15, -0.1) is 0 Å². The highest BCUT2D eigenvalue weighted by Gasteiger charge is 2.31. The molecule has 0 fully saturated rings. The Hall–Kier alpha value is -3.60. The van der Waals surface area contributed by atoms with Crippen LogP contribution >= 0.6 is 0 Å². The molecule has 0 radical (unpaired) electrons. The lowest BCUT2D eigenvalue weighted by Crippen LogP contribution is -2.44. The summed E-state index contributed by atoms with van der Waals surface area (Å²) in [6, 6.07) is 21.9. The highest BCUT2D eigenvalue weighted by atomic mass is 16.3. The normalized spacial score (nSPS) is 14.8. The van der Waals surface area contributed by atoms with Gasteiger partial charge in [0.15, 0.2) is 5.75 Å². The maximum absolute atomic E-state index is 12.4. The molecule has 0 saturated heterocycles. The van der Waals surface area contributed by atoms with Gasteiger partial charge < -0.3 is 5.11 Å². The van der Waals surface area contributed by atoms with Gasteiger partial charge in [0, 0.05) is 18.5 Å². The summed E-state index contributed by atoms with van der Waals surface area (Å²) < 4.78 is 1.89. The van der Waals surface area contributed by atoms with Gasteiger partial charge in [-0.25, -0.2) is 0 Å². The van der Waals surface area contributed by atoms with Crippen LogP contribution in [0.15, 0.2) is 88.3 Å². The number of fused-ring (bicyclic) bond motifs is 1. The number of benzene rings is 2. The standard InChI is InChI=1S/C27H29N3O2/c1-4-19(2)17-28-24-20(3)18-30(29-16-15-23(31)27(32)26(24)29)25(21-11-7-5-8-12-21)22-13-9-6-10-14-22/h5-17,19,25,32H,4,18H2,1-3H3. The molecule has 1 unspecified atom stereocenters. The molecule has 1 aliphatic heterocycles. The lowest BCUT2D eigenvalue weighted by Gasteiger charge is -2.40. The third-order valence-corrected chi connectivity index (χ3v) is 5.99. The Morgan fingerprint density at radius 2 is 1.62 bits per heavy atom. The average molecular weight is 428 g/mol. The minimum atomic E-state index is -0.405. The highest BCUT2D eigenvalue weighted by molar-refractivity contribution is 5.79. The summed E-state index contributed by atoms with van der Waals surface area (Å²) in [7, 11) is 0. The number of aromatic hydroxyl groups is 1. The molecule has 164 valence electrons. The fourth-order valence-corrected chi connectivity index (χ4v) is 4.05. The predicted octanol–water partition coefficient (Wildman–Crippen LogP) is 5.14. The largest absolute Gasteiger partial charge is 0.503 e. The summed E-state index contributed by atoms with van der Waals surface area (Å²) in [6.07, 6.45) is 4.61. The second-order valence-electron chi connectivity index (χ2n) is 8.34. The van der Waals surface area contributed by atoms with E-state index in [1.165, 1.54) is 6.07 Å². The number of hydrogen-bond donors (Lipinski definition) is 1. The first-order valence-electron chi connectivity index (χ1n) is 11.1. The number of rotatable bonds is 6. The van der Waals surface area contributed by atoms with Gasteiger partial charge >= 0.3 is 0 Å². The van der Waals surface area contributed by atoms with E-state index in [-0.39, 0.29) is 11.8 Å². The molecule has 1 aromatic heterocycles. The van der Waals surface area contributed by atoms with Gasteiger partial charge in [-0.1, -0.05) is 74.5 Å². The second-order valence-corrected chi connectivity index (χ2v) is 8.34. The van der Waals surface area contributed by atoms with Gasteiger partial charge in [-0.3, -0.25) is 19.5 Å². The minimum Gasteiger partial charge on any atom is -0.503 e. The van der Waals surface area contributed by atoms with Gasteiger partial charge in [0.05, 0.1) is 18.3 Å². The SMILES string of the molecule is CCC(C)C=NC1=C(C)CN(C(c2ccccc2)c2ccccc2)n2ccc(=O)c(O)c21. The van der Waals surface area contributed by atoms with Crippen LogP contribution < -0.4 is 10.4 Å². The van der Waals surface area contributed by atoms with Crippen LogP contribution in [-0.2, 0) is 0 Å². The summed E-state index contributed by atoms with van der Waals surface area (Å²) in [5, 5.41) is 13.0. The predicted molar refractivity (Wildman–Crippen MR) is 131 cm³/mol. The number of pyridine rings is 1. The molecule has 2 aromatic carbocycles. The molecule has 3 aromatic rings. The quantitative estimate of drug-likeness (QED) is 0.554. The summed E-state index contributed by atoms with van der Waals surface area (Å²) >= 11 is 0. The van der Waals surface area contributed by atoms with Crippen LogP contribution in [0.1, 0.15) is 50.1 Å². The maximum atomic E-state index is 12.4. The number of nitrogens with zero attached hydrogens (tertiary/aromatic N) is 3. The number of aliphatic imine (C=N–C) groups is 1. The van der Waals surface area contributed by atoms with E-state index in [1.807, 2.05) is 54.2 Å². The molecule has 1 N–H and O–H groups in total. The molecule has 5 heteroatoms. The molecule has 5 nitrogen and oxygen atoms in total. The van der Waals surface area contributed by atoms with Crippen LogP contribution in [0.3, 0.4) is 0 Å². The van der Waals surface area contributed by atoms with E-state index >= 15 is 0 Å². The van der Waals surface area contributed by atoms with E-state index in [0.717, 1.165) is 23.1 Å². The van der Waals surface area contributed by atoms with E-state index < -0.39 is 5.43 Å². The number of hydrogen-bond acceptors (Lipinski definition) is 4. The summed E-state index contributed by atoms with van der Waals surface area (Å²) in [6.45, 7) is 6.84. The average Bonchev–Trinajstić information content (AvgIpc) is 2.82. The third kappa shape index (κ3) is 4.11. The van der Waals surface area contributed by atoms with Crippen molar-refractivity contribution < 1.29 is 5.11 Å². The van der Waals surface area contributed by atoms with E-state index in [2.05, 4.69) is 43.1 Å². The van der Waals surface area contributed by atoms with Crippen LogP contribution in [0, 0.1) is 5.92 Å². The van der Waals surface area contributed by atoms with Crippen molar-refractivity contribution in [1.82, 2.24) is 4.68 Å². The molecule has 0 spiro atoms. The van der Waals surface area contributed by atoms with E-state index in [9.17, 15) is 9.90 Å². The maximum Gasteiger partial charge on any atom is 0.224 e. The summed E-state index contributed by atoms with van der Waals surface area (Å²) in [4.78, 5) is 17.1. The zero-order valence-corrected chi connectivity index (χ0v) is 18.8. The molecular formula is C27H29N3O2. The molecule has 0 saturated carbocycles. The van der Waals surface area contributed by atoms with E-state index in [1.54, 1.807) is 6.20 Å². The van der Waals surface area contributed by atoms with Gasteiger partial charge in [0.25, 0.3) is 0 Å². The Balaban J connectivity index is 1.91. The Kier molecular flexibility index (Phi) is 6.26. The van der Waals surface area contributed by atoms with Crippen LogP contribution in [0.4, 0.5) is 0 Å². The highest BCUT2D eigenvalue weighted by Crippen LogP contribution is 2.36. The van der Waals surface area contributed by atoms with Crippen LogP contribution in [0.5, 0.6) is 5.75 Å². The van der Waals surface area contributed by atoms with Crippen LogP contribution in [-0.4, -0.2) is 22.5 Å². The van der Waals surface area contributed by atoms with Crippen molar-refractivity contribution in [3.63, 3.8) is 0 Å². The van der Waals surface area contributed by atoms with Gasteiger partial charge in [0.2, 0.25) is 5.43 Å². The van der Waals surface area contributed by atoms with E-state index in [4.69, 9.17) is 4.99 Å². The Morgan fingerprint density at radius 3 is 2.19 bits per heavy atom. The fourth-order valence-electron chi connectivity index (χ4n) is 4.05. The number of aromatic nitrogens is 1. The third-order valence-electron chi connectivity index (χ3n) is 5.99. The van der Waals surface area contributed by atoms with Crippen molar-refractivity contribution >= 4 is 11.9 Å². The second kappa shape index (κ2) is 9.27. The zero-order valence-electron chi connectivity index (χ0n) is 18.8. The molecule has 0 aliphatic carbocycles. The Labute approximate surface area is 189 Å². The topological polar surface area (TPSA) is 57.8 Å². The molecule has 2 heterocycles. The van der Waals surface area contributed by atoms with Gasteiger partial charge in [0.1, 0.15) is 5.69 Å². The first-order valence-corrected chi connectivity index (χ1v) is 11.1. The molecule has 1 atom stereocenters. The summed E-state index contributed by atoms with van der Waals surface area (Å²) in [5.74, 6) is 0.0356. The smallest absolute Gasteiger partial charge is 0.224 e. The lowest BCUT2D eigenvalue weighted by molar-refractivity contribution is 0.445. The molecule has 0 bridgehead atoms. The van der Waals surface area contributed by atoms with Crippen molar-refractivity contribution in [2.24, 2.45) is 10.9 Å². The van der Waals surface area contributed by atoms with Crippen LogP contribution in [0.25, 0.3) is 5.70 Å². The van der Waals surface area contributed by atoms with Crippen molar-refractivity contribution in [2.75, 3.05) is 11.6 Å². The lowest BCUT2D eigenvalue weighted by atomic mass is 9.96. The van der Waals surface area contributed by atoms with Gasteiger partial charge in [-0.2, -0.15) is 0 Å². The molecule has 4 rings (SSSR count). The van der Waals surface area contributed by atoms with Gasteiger partial charge in [-0.05, 0) is 36.0 Å². The van der Waals surface area contributed by atoms with E-state index in [0.29, 0.717) is 23.9 Å². The molecular weight excluding hydrogens is 398 g/mol. The first kappa shape index (κ1) is 21.6. The molecule has 32 heavy (non-hydrogen) atoms. The Bertz CT molecular complexity index is 1160. The zero-order chi connectivity index (χ0) is 22.7. The van der Waals surface area contributed by atoms with Crippen molar-refractivity contribution in [3.8, 4) is 5.75 Å². The molecule has 1 aliphatic rings.